The van der Waals surface area contributed by atoms with Crippen LogP contribution in [0.5, 0.6) is 0 Å². The molecule has 1 amide bonds. The number of amides is 1. The van der Waals surface area contributed by atoms with E-state index in [2.05, 4.69) is 17.4 Å². The van der Waals surface area contributed by atoms with Crippen LogP contribution < -0.4 is 10.2 Å². The maximum Gasteiger partial charge on any atom is 0.292 e. The van der Waals surface area contributed by atoms with Crippen molar-refractivity contribution in [3.05, 3.63) is 70.3 Å². The van der Waals surface area contributed by atoms with E-state index in [-0.39, 0.29) is 28.5 Å². The minimum Gasteiger partial charge on any atom is -0.366 e. The number of rotatable bonds is 6. The summed E-state index contributed by atoms with van der Waals surface area (Å²) in [6.07, 6.45) is 6.22. The molecule has 4 rings (SSSR count). The Hall–Kier alpha value is -2.89. The van der Waals surface area contributed by atoms with E-state index in [1.165, 1.54) is 18.4 Å². The fourth-order valence-corrected chi connectivity index (χ4v) is 4.96. The lowest BCUT2D eigenvalue weighted by molar-refractivity contribution is -0.384. The Labute approximate surface area is 177 Å². The predicted octanol–water partition coefficient (Wildman–Crippen LogP) is 4.86. The van der Waals surface area contributed by atoms with Gasteiger partial charge in [0.1, 0.15) is 5.69 Å². The molecule has 2 fully saturated rings. The molecule has 2 aromatic carbocycles. The summed E-state index contributed by atoms with van der Waals surface area (Å²) in [6, 6.07) is 17.2. The number of hydrogen-bond donors (Lipinski definition) is 1. The minimum absolute atomic E-state index is 0.0448. The molecular formula is C24H29N3O3. The van der Waals surface area contributed by atoms with E-state index < -0.39 is 0 Å². The van der Waals surface area contributed by atoms with Gasteiger partial charge in [0.25, 0.3) is 5.69 Å². The second-order valence-electron chi connectivity index (χ2n) is 8.45. The number of hydrogen-bond acceptors (Lipinski definition) is 4. The number of para-hydroxylation sites is 2. The molecule has 1 saturated carbocycles. The second kappa shape index (κ2) is 9.28. The largest absolute Gasteiger partial charge is 0.366 e. The number of carbonyl (C=O) groups excluding carboxylic acids is 1. The molecule has 0 spiro atoms. The van der Waals surface area contributed by atoms with Crippen LogP contribution >= 0.6 is 0 Å². The molecule has 0 radical (unpaired) electrons. The summed E-state index contributed by atoms with van der Waals surface area (Å²) in [5.41, 5.74) is 1.97. The average molecular weight is 408 g/mol. The summed E-state index contributed by atoms with van der Waals surface area (Å²) in [5.74, 6) is 0.581. The number of nitrogens with zero attached hydrogens (tertiary/aromatic N) is 2. The Bertz CT molecular complexity index is 872. The van der Waals surface area contributed by atoms with E-state index in [4.69, 9.17) is 0 Å². The summed E-state index contributed by atoms with van der Waals surface area (Å²) in [6.45, 7) is 1.31. The maximum atomic E-state index is 13.1. The van der Waals surface area contributed by atoms with Gasteiger partial charge in [-0.2, -0.15) is 0 Å². The zero-order chi connectivity index (χ0) is 20.9. The number of benzene rings is 2. The molecule has 1 aliphatic carbocycles. The van der Waals surface area contributed by atoms with Crippen LogP contribution in [0.1, 0.15) is 50.1 Å². The topological polar surface area (TPSA) is 75.5 Å². The monoisotopic (exact) mass is 407 g/mol. The van der Waals surface area contributed by atoms with E-state index >= 15 is 0 Å². The standard InChI is InChI=1S/C24H29N3O3/c28-24(25-23(19-10-4-5-11-19)18-8-2-1-3-9-18)20-14-16-26(17-15-20)21-12-6-7-13-22(21)27(29)30/h1-3,6-9,12-13,19-20,23H,4-5,10-11,14-17H2,(H,25,28). The summed E-state index contributed by atoms with van der Waals surface area (Å²) in [4.78, 5) is 26.2. The van der Waals surface area contributed by atoms with Crippen molar-refractivity contribution in [3.8, 4) is 0 Å². The minimum atomic E-state index is -0.333. The van der Waals surface area contributed by atoms with Gasteiger partial charge in [0, 0.05) is 25.1 Å². The highest BCUT2D eigenvalue weighted by Crippen LogP contribution is 2.36. The smallest absolute Gasteiger partial charge is 0.292 e. The van der Waals surface area contributed by atoms with Gasteiger partial charge >= 0.3 is 0 Å². The van der Waals surface area contributed by atoms with Crippen molar-refractivity contribution in [2.45, 2.75) is 44.6 Å². The maximum absolute atomic E-state index is 13.1. The van der Waals surface area contributed by atoms with Crippen molar-refractivity contribution in [3.63, 3.8) is 0 Å². The van der Waals surface area contributed by atoms with Gasteiger partial charge in [0.15, 0.2) is 0 Å². The Morgan fingerprint density at radius 1 is 0.967 bits per heavy atom. The molecule has 2 aromatic rings. The lowest BCUT2D eigenvalue weighted by Gasteiger charge is -2.34. The van der Waals surface area contributed by atoms with Crippen molar-refractivity contribution in [2.24, 2.45) is 11.8 Å². The molecule has 1 aliphatic heterocycles. The molecule has 1 N–H and O–H groups in total. The van der Waals surface area contributed by atoms with Gasteiger partial charge in [0.05, 0.1) is 11.0 Å². The average Bonchev–Trinajstić information content (AvgIpc) is 3.32. The lowest BCUT2D eigenvalue weighted by Crippen LogP contribution is -2.43. The third-order valence-corrected chi connectivity index (χ3v) is 6.61. The van der Waals surface area contributed by atoms with Gasteiger partial charge in [-0.25, -0.2) is 0 Å². The second-order valence-corrected chi connectivity index (χ2v) is 8.45. The summed E-state index contributed by atoms with van der Waals surface area (Å²) >= 11 is 0. The Morgan fingerprint density at radius 2 is 1.60 bits per heavy atom. The van der Waals surface area contributed by atoms with E-state index in [1.54, 1.807) is 18.2 Å². The van der Waals surface area contributed by atoms with Crippen molar-refractivity contribution in [1.82, 2.24) is 5.32 Å². The Morgan fingerprint density at radius 3 is 2.27 bits per heavy atom. The van der Waals surface area contributed by atoms with Crippen LogP contribution in [-0.2, 0) is 4.79 Å². The Balaban J connectivity index is 1.41. The molecule has 6 heteroatoms. The van der Waals surface area contributed by atoms with E-state index in [0.717, 1.165) is 12.8 Å². The van der Waals surface area contributed by atoms with Crippen LogP contribution in [0.4, 0.5) is 11.4 Å². The third-order valence-electron chi connectivity index (χ3n) is 6.61. The highest BCUT2D eigenvalue weighted by Gasteiger charge is 2.32. The van der Waals surface area contributed by atoms with Gasteiger partial charge in [-0.05, 0) is 43.2 Å². The zero-order valence-electron chi connectivity index (χ0n) is 17.2. The van der Waals surface area contributed by atoms with Gasteiger partial charge in [-0.1, -0.05) is 55.3 Å². The molecule has 0 bridgehead atoms. The van der Waals surface area contributed by atoms with Crippen LogP contribution in [0.25, 0.3) is 0 Å². The molecule has 1 atom stereocenters. The van der Waals surface area contributed by atoms with Crippen molar-refractivity contribution in [2.75, 3.05) is 18.0 Å². The van der Waals surface area contributed by atoms with Crippen LogP contribution in [0, 0.1) is 22.0 Å². The van der Waals surface area contributed by atoms with Gasteiger partial charge < -0.3 is 10.2 Å². The fraction of sp³-hybridized carbons (Fsp3) is 0.458. The SMILES string of the molecule is O=C(NC(c1ccccc1)C1CCCC1)C1CCN(c2ccccc2[N+](=O)[O-])CC1. The van der Waals surface area contributed by atoms with Crippen LogP contribution in [0.15, 0.2) is 54.6 Å². The predicted molar refractivity (Wildman–Crippen MR) is 117 cm³/mol. The number of nitrogens with one attached hydrogen (secondary N) is 1. The molecule has 1 unspecified atom stereocenters. The molecule has 0 aromatic heterocycles. The van der Waals surface area contributed by atoms with Gasteiger partial charge in [-0.15, -0.1) is 0 Å². The van der Waals surface area contributed by atoms with Gasteiger partial charge in [-0.3, -0.25) is 14.9 Å². The molecular weight excluding hydrogens is 378 g/mol. The lowest BCUT2D eigenvalue weighted by atomic mass is 9.89. The molecule has 6 nitrogen and oxygen atoms in total. The summed E-state index contributed by atoms with van der Waals surface area (Å²) in [7, 11) is 0. The normalized spacial score (nSPS) is 18.9. The van der Waals surface area contributed by atoms with Crippen LogP contribution in [-0.4, -0.2) is 23.9 Å². The van der Waals surface area contributed by atoms with Crippen molar-refractivity contribution in [1.29, 1.82) is 0 Å². The number of anilines is 1. The highest BCUT2D eigenvalue weighted by molar-refractivity contribution is 5.79. The number of carbonyl (C=O) groups is 1. The van der Waals surface area contributed by atoms with Gasteiger partial charge in [0.2, 0.25) is 5.91 Å². The molecule has 158 valence electrons. The highest BCUT2D eigenvalue weighted by atomic mass is 16.6. The number of nitro benzene ring substituents is 1. The zero-order valence-corrected chi connectivity index (χ0v) is 17.2. The van der Waals surface area contributed by atoms with E-state index in [9.17, 15) is 14.9 Å². The summed E-state index contributed by atoms with van der Waals surface area (Å²) < 4.78 is 0. The number of piperidine rings is 1. The third kappa shape index (κ3) is 4.48. The summed E-state index contributed by atoms with van der Waals surface area (Å²) in [5, 5.41) is 14.7. The van der Waals surface area contributed by atoms with E-state index in [0.29, 0.717) is 37.5 Å². The van der Waals surface area contributed by atoms with Crippen molar-refractivity contribution >= 4 is 17.3 Å². The van der Waals surface area contributed by atoms with E-state index in [1.807, 2.05) is 29.2 Å². The molecule has 1 heterocycles. The first kappa shape index (κ1) is 20.4. The quantitative estimate of drug-likeness (QED) is 0.548. The van der Waals surface area contributed by atoms with Crippen LogP contribution in [0.3, 0.4) is 0 Å². The number of nitro groups is 1. The Kier molecular flexibility index (Phi) is 6.31. The van der Waals surface area contributed by atoms with Crippen LogP contribution in [0.2, 0.25) is 0 Å². The first-order valence-electron chi connectivity index (χ1n) is 11.0. The molecule has 1 saturated heterocycles. The fourth-order valence-electron chi connectivity index (χ4n) is 4.96. The first-order chi connectivity index (χ1) is 14.6. The van der Waals surface area contributed by atoms with Crippen molar-refractivity contribution < 1.29 is 9.72 Å². The first-order valence-corrected chi connectivity index (χ1v) is 11.0. The molecule has 2 aliphatic rings. The molecule has 30 heavy (non-hydrogen) atoms.